The van der Waals surface area contributed by atoms with Gasteiger partial charge in [-0.3, -0.25) is 0 Å². The minimum absolute atomic E-state index is 0.0442. The fraction of sp³-hybridized carbons (Fsp3) is 0.133. The van der Waals surface area contributed by atoms with Crippen LogP contribution in [0, 0.1) is 0 Å². The van der Waals surface area contributed by atoms with Crippen molar-refractivity contribution in [3.8, 4) is 0 Å². The number of hydrogen-bond acceptors (Lipinski definition) is 2. The molecule has 0 aliphatic rings. The molecular formula is C15H12NO2-. The number of aromatic nitrogens is 1. The Balaban J connectivity index is 2.31. The molecular weight excluding hydrogens is 226 g/mol. The molecule has 0 aliphatic heterocycles. The number of rotatable bonds is 2. The molecule has 0 saturated carbocycles. The summed E-state index contributed by atoms with van der Waals surface area (Å²) in [6.07, 6.45) is -0.0442. The summed E-state index contributed by atoms with van der Waals surface area (Å²) < 4.78 is 2.09. The molecule has 0 amide bonds. The van der Waals surface area contributed by atoms with Crippen molar-refractivity contribution in [1.82, 2.24) is 4.57 Å². The normalized spacial score (nSPS) is 11.2. The molecule has 0 radical (unpaired) electrons. The van der Waals surface area contributed by atoms with Gasteiger partial charge in [0.25, 0.3) is 0 Å². The monoisotopic (exact) mass is 238 g/mol. The van der Waals surface area contributed by atoms with Gasteiger partial charge in [0, 0.05) is 41.2 Å². The van der Waals surface area contributed by atoms with Gasteiger partial charge in [0.05, 0.1) is 0 Å². The lowest BCUT2D eigenvalue weighted by Gasteiger charge is -2.03. The molecule has 3 rings (SSSR count). The Morgan fingerprint density at radius 3 is 2.61 bits per heavy atom. The van der Waals surface area contributed by atoms with Gasteiger partial charge in [0.15, 0.2) is 0 Å². The van der Waals surface area contributed by atoms with E-state index in [2.05, 4.69) is 16.7 Å². The molecule has 3 aromatic rings. The summed E-state index contributed by atoms with van der Waals surface area (Å²) >= 11 is 0. The highest BCUT2D eigenvalue weighted by Gasteiger charge is 2.07. The maximum absolute atomic E-state index is 10.6. The second-order valence-corrected chi connectivity index (χ2v) is 4.48. The van der Waals surface area contributed by atoms with Crippen LogP contribution in [0.4, 0.5) is 0 Å². The number of carbonyl (C=O) groups excluding carboxylic acids is 1. The Bertz CT molecular complexity index is 756. The van der Waals surface area contributed by atoms with Crippen LogP contribution >= 0.6 is 0 Å². The summed E-state index contributed by atoms with van der Waals surface area (Å²) in [4.78, 5) is 10.6. The molecule has 1 aromatic heterocycles. The van der Waals surface area contributed by atoms with E-state index in [0.29, 0.717) is 0 Å². The molecule has 2 aromatic carbocycles. The Morgan fingerprint density at radius 1 is 1.11 bits per heavy atom. The van der Waals surface area contributed by atoms with Crippen molar-refractivity contribution in [1.29, 1.82) is 0 Å². The van der Waals surface area contributed by atoms with E-state index in [9.17, 15) is 9.90 Å². The van der Waals surface area contributed by atoms with Gasteiger partial charge >= 0.3 is 0 Å². The highest BCUT2D eigenvalue weighted by molar-refractivity contribution is 6.08. The molecule has 0 spiro atoms. The Hall–Kier alpha value is -2.29. The first-order valence-corrected chi connectivity index (χ1v) is 5.83. The van der Waals surface area contributed by atoms with Crippen LogP contribution in [0.15, 0.2) is 42.5 Å². The highest BCUT2D eigenvalue weighted by atomic mass is 16.4. The molecule has 0 unspecified atom stereocenters. The number of carbonyl (C=O) groups is 1. The summed E-state index contributed by atoms with van der Waals surface area (Å²) in [7, 11) is 1.99. The number of para-hydroxylation sites is 1. The van der Waals surface area contributed by atoms with Crippen molar-refractivity contribution in [3.63, 3.8) is 0 Å². The van der Waals surface area contributed by atoms with Crippen molar-refractivity contribution in [2.75, 3.05) is 0 Å². The zero-order valence-corrected chi connectivity index (χ0v) is 10.0. The highest BCUT2D eigenvalue weighted by Crippen LogP contribution is 2.28. The fourth-order valence-corrected chi connectivity index (χ4v) is 2.48. The topological polar surface area (TPSA) is 45.1 Å². The van der Waals surface area contributed by atoms with Crippen LogP contribution in [0.3, 0.4) is 0 Å². The third kappa shape index (κ3) is 1.56. The second-order valence-electron chi connectivity index (χ2n) is 4.48. The lowest BCUT2D eigenvalue weighted by atomic mass is 10.1. The zero-order chi connectivity index (χ0) is 12.7. The van der Waals surface area contributed by atoms with Crippen molar-refractivity contribution < 1.29 is 9.90 Å². The van der Waals surface area contributed by atoms with E-state index in [1.807, 2.05) is 37.4 Å². The number of carboxylic acids is 1. The first kappa shape index (κ1) is 10.8. The van der Waals surface area contributed by atoms with Gasteiger partial charge in [0.1, 0.15) is 0 Å². The minimum atomic E-state index is -1.05. The van der Waals surface area contributed by atoms with Crippen LogP contribution in [0.25, 0.3) is 21.8 Å². The summed E-state index contributed by atoms with van der Waals surface area (Å²) in [5.41, 5.74) is 2.97. The van der Waals surface area contributed by atoms with E-state index in [-0.39, 0.29) is 6.42 Å². The van der Waals surface area contributed by atoms with Crippen LogP contribution in [-0.4, -0.2) is 10.5 Å². The zero-order valence-electron chi connectivity index (χ0n) is 10.0. The largest absolute Gasteiger partial charge is 0.550 e. The van der Waals surface area contributed by atoms with E-state index < -0.39 is 5.97 Å². The van der Waals surface area contributed by atoms with Crippen LogP contribution in [0.1, 0.15) is 5.56 Å². The maximum Gasteiger partial charge on any atom is 0.0491 e. The van der Waals surface area contributed by atoms with Crippen LogP contribution in [-0.2, 0) is 18.3 Å². The molecule has 0 N–H and O–H groups in total. The molecule has 0 fully saturated rings. The minimum Gasteiger partial charge on any atom is -0.550 e. The third-order valence-corrected chi connectivity index (χ3v) is 3.33. The SMILES string of the molecule is Cn1c2ccccc2c2ccc(CC(=O)[O-])cc21. The lowest BCUT2D eigenvalue weighted by molar-refractivity contribution is -0.304. The smallest absolute Gasteiger partial charge is 0.0491 e. The van der Waals surface area contributed by atoms with Crippen molar-refractivity contribution in [3.05, 3.63) is 48.0 Å². The Kier molecular flexibility index (Phi) is 2.33. The van der Waals surface area contributed by atoms with Gasteiger partial charge in [-0.1, -0.05) is 30.3 Å². The van der Waals surface area contributed by atoms with E-state index in [4.69, 9.17) is 0 Å². The van der Waals surface area contributed by atoms with Gasteiger partial charge < -0.3 is 14.5 Å². The van der Waals surface area contributed by atoms with Crippen molar-refractivity contribution in [2.24, 2.45) is 7.05 Å². The Morgan fingerprint density at radius 2 is 1.83 bits per heavy atom. The summed E-state index contributed by atoms with van der Waals surface area (Å²) in [5, 5.41) is 13.0. The fourth-order valence-electron chi connectivity index (χ4n) is 2.48. The molecule has 0 saturated heterocycles. The van der Waals surface area contributed by atoms with E-state index >= 15 is 0 Å². The molecule has 0 atom stereocenters. The molecule has 1 heterocycles. The summed E-state index contributed by atoms with van der Waals surface area (Å²) in [6, 6.07) is 13.9. The number of carboxylic acid groups (broad SMARTS) is 1. The summed E-state index contributed by atoms with van der Waals surface area (Å²) in [5.74, 6) is -1.05. The first-order valence-electron chi connectivity index (χ1n) is 5.83. The Labute approximate surface area is 104 Å². The van der Waals surface area contributed by atoms with Gasteiger partial charge in [-0.05, 0) is 17.7 Å². The molecule has 0 aliphatic carbocycles. The molecule has 3 heteroatoms. The number of hydrogen-bond donors (Lipinski definition) is 0. The molecule has 0 bridgehead atoms. The van der Waals surface area contributed by atoms with Gasteiger partial charge in [-0.15, -0.1) is 0 Å². The van der Waals surface area contributed by atoms with Crippen LogP contribution < -0.4 is 5.11 Å². The van der Waals surface area contributed by atoms with Gasteiger partial charge in [0.2, 0.25) is 0 Å². The molecule has 90 valence electrons. The standard InChI is InChI=1S/C15H13NO2/c1-16-13-5-3-2-4-11(13)12-7-6-10(8-14(12)16)9-15(17)18/h2-8H,9H2,1H3,(H,17,18)/p-1. The van der Waals surface area contributed by atoms with E-state index in [0.717, 1.165) is 22.0 Å². The predicted molar refractivity (Wildman–Crippen MR) is 69.1 cm³/mol. The first-order chi connectivity index (χ1) is 8.66. The van der Waals surface area contributed by atoms with Crippen LogP contribution in [0.5, 0.6) is 0 Å². The lowest BCUT2D eigenvalue weighted by Crippen LogP contribution is -2.24. The number of nitrogens with zero attached hydrogens (tertiary/aromatic N) is 1. The number of aliphatic carboxylic acids is 1. The average molecular weight is 238 g/mol. The second kappa shape index (κ2) is 3.88. The van der Waals surface area contributed by atoms with E-state index in [1.165, 1.54) is 5.39 Å². The van der Waals surface area contributed by atoms with Crippen molar-refractivity contribution >= 4 is 27.8 Å². The van der Waals surface area contributed by atoms with Gasteiger partial charge in [-0.25, -0.2) is 0 Å². The number of fused-ring (bicyclic) bond motifs is 3. The maximum atomic E-state index is 10.6. The number of aryl methyl sites for hydroxylation is 1. The quantitative estimate of drug-likeness (QED) is 0.681. The molecule has 18 heavy (non-hydrogen) atoms. The summed E-state index contributed by atoms with van der Waals surface area (Å²) in [6.45, 7) is 0. The number of benzene rings is 2. The van der Waals surface area contributed by atoms with Crippen molar-refractivity contribution in [2.45, 2.75) is 6.42 Å². The van der Waals surface area contributed by atoms with Crippen LogP contribution in [0.2, 0.25) is 0 Å². The van der Waals surface area contributed by atoms with E-state index in [1.54, 1.807) is 0 Å². The third-order valence-electron chi connectivity index (χ3n) is 3.33. The predicted octanol–water partition coefficient (Wildman–Crippen LogP) is 1.62. The molecule has 3 nitrogen and oxygen atoms in total. The average Bonchev–Trinajstić information content (AvgIpc) is 2.63. The van der Waals surface area contributed by atoms with Gasteiger partial charge in [-0.2, -0.15) is 0 Å².